The highest BCUT2D eigenvalue weighted by Crippen LogP contribution is 2.21. The largest absolute Gasteiger partial charge is 0.306 e. The van der Waals surface area contributed by atoms with E-state index in [1.165, 1.54) is 0 Å². The van der Waals surface area contributed by atoms with Crippen molar-refractivity contribution < 1.29 is 0 Å². The Morgan fingerprint density at radius 1 is 1.14 bits per heavy atom. The molecule has 21 heavy (non-hydrogen) atoms. The SMILES string of the molecule is CC(C)(C)NCc1cc(-n2cccn2)c2ccccc2n1. The lowest BCUT2D eigenvalue weighted by Gasteiger charge is -2.20. The Morgan fingerprint density at radius 3 is 2.67 bits per heavy atom. The molecule has 4 nitrogen and oxygen atoms in total. The van der Waals surface area contributed by atoms with Gasteiger partial charge in [0.05, 0.1) is 16.9 Å². The normalized spacial score (nSPS) is 12.0. The van der Waals surface area contributed by atoms with Gasteiger partial charge in [0.1, 0.15) is 0 Å². The second-order valence-corrected chi connectivity index (χ2v) is 6.20. The topological polar surface area (TPSA) is 42.7 Å². The van der Waals surface area contributed by atoms with Crippen LogP contribution in [0.25, 0.3) is 16.6 Å². The highest BCUT2D eigenvalue weighted by atomic mass is 15.3. The fraction of sp³-hybridized carbons (Fsp3) is 0.294. The third-order valence-corrected chi connectivity index (χ3v) is 3.30. The molecule has 0 amide bonds. The van der Waals surface area contributed by atoms with E-state index in [0.717, 1.165) is 28.8 Å². The van der Waals surface area contributed by atoms with Gasteiger partial charge in [0.15, 0.2) is 0 Å². The minimum Gasteiger partial charge on any atom is -0.306 e. The number of nitrogens with zero attached hydrogens (tertiary/aromatic N) is 3. The predicted octanol–water partition coefficient (Wildman–Crippen LogP) is 3.31. The lowest BCUT2D eigenvalue weighted by atomic mass is 10.1. The van der Waals surface area contributed by atoms with Crippen molar-refractivity contribution in [2.24, 2.45) is 0 Å². The summed E-state index contributed by atoms with van der Waals surface area (Å²) in [5, 5.41) is 8.95. The summed E-state index contributed by atoms with van der Waals surface area (Å²) >= 11 is 0. The molecule has 0 saturated carbocycles. The predicted molar refractivity (Wildman–Crippen MR) is 85.5 cm³/mol. The summed E-state index contributed by atoms with van der Waals surface area (Å²) in [7, 11) is 0. The molecular weight excluding hydrogens is 260 g/mol. The van der Waals surface area contributed by atoms with Crippen molar-refractivity contribution >= 4 is 10.9 Å². The van der Waals surface area contributed by atoms with Crippen LogP contribution in [0.15, 0.2) is 48.8 Å². The maximum absolute atomic E-state index is 4.75. The Morgan fingerprint density at radius 2 is 1.95 bits per heavy atom. The van der Waals surface area contributed by atoms with E-state index in [1.807, 2.05) is 35.1 Å². The van der Waals surface area contributed by atoms with Gasteiger partial charge in [-0.3, -0.25) is 4.98 Å². The van der Waals surface area contributed by atoms with E-state index >= 15 is 0 Å². The van der Waals surface area contributed by atoms with Crippen LogP contribution in [0.5, 0.6) is 0 Å². The van der Waals surface area contributed by atoms with Gasteiger partial charge in [0, 0.05) is 29.9 Å². The summed E-state index contributed by atoms with van der Waals surface area (Å²) in [6, 6.07) is 12.2. The quantitative estimate of drug-likeness (QED) is 0.800. The van der Waals surface area contributed by atoms with Gasteiger partial charge in [-0.25, -0.2) is 4.68 Å². The van der Waals surface area contributed by atoms with Crippen molar-refractivity contribution in [3.63, 3.8) is 0 Å². The molecule has 1 aromatic carbocycles. The van der Waals surface area contributed by atoms with Crippen molar-refractivity contribution in [1.82, 2.24) is 20.1 Å². The van der Waals surface area contributed by atoms with Gasteiger partial charge < -0.3 is 5.32 Å². The van der Waals surface area contributed by atoms with Crippen LogP contribution in [0.1, 0.15) is 26.5 Å². The molecule has 0 aliphatic rings. The van der Waals surface area contributed by atoms with E-state index in [4.69, 9.17) is 4.98 Å². The number of rotatable bonds is 3. The van der Waals surface area contributed by atoms with Crippen molar-refractivity contribution in [3.05, 3.63) is 54.5 Å². The summed E-state index contributed by atoms with van der Waals surface area (Å²) in [5.41, 5.74) is 3.15. The molecule has 0 aliphatic carbocycles. The zero-order chi connectivity index (χ0) is 14.9. The lowest BCUT2D eigenvalue weighted by molar-refractivity contribution is 0.421. The Balaban J connectivity index is 2.07. The Bertz CT molecular complexity index is 739. The first-order valence-corrected chi connectivity index (χ1v) is 7.17. The van der Waals surface area contributed by atoms with E-state index in [-0.39, 0.29) is 5.54 Å². The molecule has 1 N–H and O–H groups in total. The molecule has 0 bridgehead atoms. The summed E-state index contributed by atoms with van der Waals surface area (Å²) in [4.78, 5) is 4.75. The molecule has 3 aromatic rings. The molecule has 0 saturated heterocycles. The number of benzene rings is 1. The molecule has 2 heterocycles. The molecule has 0 spiro atoms. The molecule has 0 radical (unpaired) electrons. The van der Waals surface area contributed by atoms with Crippen LogP contribution in [-0.4, -0.2) is 20.3 Å². The number of aromatic nitrogens is 3. The van der Waals surface area contributed by atoms with E-state index < -0.39 is 0 Å². The smallest absolute Gasteiger partial charge is 0.0758 e. The second-order valence-electron chi connectivity index (χ2n) is 6.20. The van der Waals surface area contributed by atoms with Crippen molar-refractivity contribution in [1.29, 1.82) is 0 Å². The van der Waals surface area contributed by atoms with E-state index in [2.05, 4.69) is 43.3 Å². The van der Waals surface area contributed by atoms with Gasteiger partial charge in [0.25, 0.3) is 0 Å². The second kappa shape index (κ2) is 5.30. The van der Waals surface area contributed by atoms with Crippen LogP contribution in [0.2, 0.25) is 0 Å². The first-order valence-electron chi connectivity index (χ1n) is 7.17. The Kier molecular flexibility index (Phi) is 3.47. The third kappa shape index (κ3) is 3.11. The first kappa shape index (κ1) is 13.8. The molecule has 0 atom stereocenters. The fourth-order valence-corrected chi connectivity index (χ4v) is 2.26. The van der Waals surface area contributed by atoms with Gasteiger partial charge in [0.2, 0.25) is 0 Å². The summed E-state index contributed by atoms with van der Waals surface area (Å²) in [5.74, 6) is 0. The first-order chi connectivity index (χ1) is 10.0. The number of hydrogen-bond donors (Lipinski definition) is 1. The fourth-order valence-electron chi connectivity index (χ4n) is 2.26. The molecule has 0 unspecified atom stereocenters. The van der Waals surface area contributed by atoms with Crippen LogP contribution < -0.4 is 5.32 Å². The van der Waals surface area contributed by atoms with E-state index in [0.29, 0.717) is 0 Å². The zero-order valence-electron chi connectivity index (χ0n) is 12.7. The number of hydrogen-bond acceptors (Lipinski definition) is 3. The summed E-state index contributed by atoms with van der Waals surface area (Å²) in [6.45, 7) is 7.20. The minimum absolute atomic E-state index is 0.0686. The van der Waals surface area contributed by atoms with Crippen LogP contribution in [0.3, 0.4) is 0 Å². The van der Waals surface area contributed by atoms with Crippen molar-refractivity contribution in [3.8, 4) is 5.69 Å². The van der Waals surface area contributed by atoms with Gasteiger partial charge in [-0.2, -0.15) is 5.10 Å². The van der Waals surface area contributed by atoms with Crippen LogP contribution in [0.4, 0.5) is 0 Å². The Labute approximate surface area is 124 Å². The van der Waals surface area contributed by atoms with Gasteiger partial charge >= 0.3 is 0 Å². The molecule has 0 fully saturated rings. The standard InChI is InChI=1S/C17H20N4/c1-17(2,3)18-12-13-11-16(21-10-6-9-19-21)14-7-4-5-8-15(14)20-13/h4-11,18H,12H2,1-3H3. The zero-order valence-corrected chi connectivity index (χ0v) is 12.7. The highest BCUT2D eigenvalue weighted by Gasteiger charge is 2.11. The third-order valence-electron chi connectivity index (χ3n) is 3.30. The summed E-state index contributed by atoms with van der Waals surface area (Å²) in [6.07, 6.45) is 3.75. The van der Waals surface area contributed by atoms with Crippen molar-refractivity contribution in [2.45, 2.75) is 32.9 Å². The number of pyridine rings is 1. The van der Waals surface area contributed by atoms with E-state index in [1.54, 1.807) is 6.20 Å². The molecule has 0 aliphatic heterocycles. The lowest BCUT2D eigenvalue weighted by Crippen LogP contribution is -2.35. The average molecular weight is 280 g/mol. The molecule has 3 rings (SSSR count). The van der Waals surface area contributed by atoms with Gasteiger partial charge in [-0.05, 0) is 39.0 Å². The van der Waals surface area contributed by atoms with Crippen LogP contribution >= 0.6 is 0 Å². The average Bonchev–Trinajstić information content (AvgIpc) is 2.97. The van der Waals surface area contributed by atoms with Crippen LogP contribution in [0, 0.1) is 0 Å². The van der Waals surface area contributed by atoms with Crippen molar-refractivity contribution in [2.75, 3.05) is 0 Å². The molecule has 2 aromatic heterocycles. The minimum atomic E-state index is 0.0686. The van der Waals surface area contributed by atoms with E-state index in [9.17, 15) is 0 Å². The Hall–Kier alpha value is -2.20. The highest BCUT2D eigenvalue weighted by molar-refractivity contribution is 5.87. The molecular formula is C17H20N4. The number of fused-ring (bicyclic) bond motifs is 1. The molecule has 108 valence electrons. The summed E-state index contributed by atoms with van der Waals surface area (Å²) < 4.78 is 1.89. The maximum Gasteiger partial charge on any atom is 0.0758 e. The monoisotopic (exact) mass is 280 g/mol. The number of nitrogens with one attached hydrogen (secondary N) is 1. The van der Waals surface area contributed by atoms with Gasteiger partial charge in [-0.15, -0.1) is 0 Å². The number of para-hydroxylation sites is 1. The van der Waals surface area contributed by atoms with Crippen LogP contribution in [-0.2, 0) is 6.54 Å². The van der Waals surface area contributed by atoms with Gasteiger partial charge in [-0.1, -0.05) is 18.2 Å². The maximum atomic E-state index is 4.75. The molecule has 4 heteroatoms.